The molecule has 3 aromatic carbocycles. The molecule has 242 valence electrons. The molecule has 2 amide bonds. The maximum atomic E-state index is 14.2. The largest absolute Gasteiger partial charge is 0.416 e. The van der Waals surface area contributed by atoms with Crippen LogP contribution < -0.4 is 9.62 Å². The molecule has 1 N–H and O–H groups in total. The van der Waals surface area contributed by atoms with Gasteiger partial charge in [0.1, 0.15) is 18.4 Å². The fourth-order valence-electron chi connectivity index (χ4n) is 5.36. The summed E-state index contributed by atoms with van der Waals surface area (Å²) in [6.45, 7) is 0.538. The lowest BCUT2D eigenvalue weighted by Crippen LogP contribution is -2.54. The zero-order valence-corrected chi connectivity index (χ0v) is 26.1. The van der Waals surface area contributed by atoms with Gasteiger partial charge < -0.3 is 10.2 Å². The number of nitrogens with zero attached hydrogens (tertiary/aromatic N) is 2. The quantitative estimate of drug-likeness (QED) is 0.224. The molecule has 3 aromatic rings. The van der Waals surface area contributed by atoms with Gasteiger partial charge in [0, 0.05) is 12.6 Å². The Balaban J connectivity index is 1.77. The van der Waals surface area contributed by atoms with Crippen molar-refractivity contribution >= 4 is 39.1 Å². The van der Waals surface area contributed by atoms with Crippen molar-refractivity contribution < 1.29 is 35.6 Å². The van der Waals surface area contributed by atoms with Gasteiger partial charge in [0.25, 0.3) is 10.0 Å². The highest BCUT2D eigenvalue weighted by Gasteiger charge is 2.37. The molecular weight excluding hydrogens is 634 g/mol. The number of rotatable bonds is 11. The average molecular weight is 668 g/mol. The van der Waals surface area contributed by atoms with E-state index in [1.807, 2.05) is 0 Å². The molecule has 1 atom stereocenters. The minimum Gasteiger partial charge on any atom is -0.352 e. The van der Waals surface area contributed by atoms with E-state index < -0.39 is 57.7 Å². The normalized spacial score (nSPS) is 14.9. The lowest BCUT2D eigenvalue weighted by atomic mass is 9.95. The molecule has 45 heavy (non-hydrogen) atoms. The minimum absolute atomic E-state index is 0.0815. The Morgan fingerprint density at radius 3 is 2.22 bits per heavy atom. The third-order valence-corrected chi connectivity index (χ3v) is 9.85. The van der Waals surface area contributed by atoms with E-state index in [1.165, 1.54) is 53.4 Å². The fraction of sp³-hybridized carbons (Fsp3) is 0.375. The van der Waals surface area contributed by atoms with E-state index in [1.54, 1.807) is 13.0 Å². The van der Waals surface area contributed by atoms with E-state index in [0.717, 1.165) is 38.2 Å². The summed E-state index contributed by atoms with van der Waals surface area (Å²) in [6, 6.07) is 13.2. The number of anilines is 1. The summed E-state index contributed by atoms with van der Waals surface area (Å²) in [5.41, 5.74) is -1.25. The molecule has 1 aliphatic carbocycles. The number of sulfonamides is 1. The van der Waals surface area contributed by atoms with Crippen LogP contribution in [0.5, 0.6) is 0 Å². The highest BCUT2D eigenvalue weighted by atomic mass is 35.5. The zero-order valence-electron chi connectivity index (χ0n) is 24.6. The molecule has 0 saturated heterocycles. The molecule has 1 aliphatic rings. The lowest BCUT2D eigenvalue weighted by Gasteiger charge is -2.34. The van der Waals surface area contributed by atoms with E-state index in [4.69, 9.17) is 11.6 Å². The Hall–Kier alpha value is -3.64. The maximum absolute atomic E-state index is 14.2. The molecule has 13 heteroatoms. The van der Waals surface area contributed by atoms with Crippen molar-refractivity contribution in [1.29, 1.82) is 0 Å². The van der Waals surface area contributed by atoms with Gasteiger partial charge >= 0.3 is 6.18 Å². The molecule has 4 rings (SSSR count). The van der Waals surface area contributed by atoms with Gasteiger partial charge in [-0.2, -0.15) is 13.2 Å². The van der Waals surface area contributed by atoms with Gasteiger partial charge in [0.05, 0.1) is 21.2 Å². The predicted molar refractivity (Wildman–Crippen MR) is 163 cm³/mol. The molecule has 1 fully saturated rings. The summed E-state index contributed by atoms with van der Waals surface area (Å²) >= 11 is 6.29. The Labute approximate surface area is 265 Å². The summed E-state index contributed by atoms with van der Waals surface area (Å²) in [4.78, 5) is 28.6. The second-order valence-electron chi connectivity index (χ2n) is 10.9. The Morgan fingerprint density at radius 2 is 1.62 bits per heavy atom. The van der Waals surface area contributed by atoms with E-state index >= 15 is 0 Å². The van der Waals surface area contributed by atoms with Crippen LogP contribution in [-0.2, 0) is 32.3 Å². The number of nitrogens with one attached hydrogen (secondary N) is 1. The number of alkyl halides is 3. The molecule has 1 saturated carbocycles. The van der Waals surface area contributed by atoms with Crippen molar-refractivity contribution in [2.24, 2.45) is 0 Å². The molecular formula is C32H34ClF4N3O4S. The zero-order chi connectivity index (χ0) is 32.8. The van der Waals surface area contributed by atoms with Gasteiger partial charge in [-0.1, -0.05) is 68.1 Å². The van der Waals surface area contributed by atoms with Gasteiger partial charge in [-0.3, -0.25) is 13.9 Å². The molecule has 0 unspecified atom stereocenters. The Bertz CT molecular complexity index is 1580. The Kier molecular flexibility index (Phi) is 11.1. The lowest BCUT2D eigenvalue weighted by molar-refractivity contribution is -0.140. The summed E-state index contributed by atoms with van der Waals surface area (Å²) in [5.74, 6) is -1.81. The van der Waals surface area contributed by atoms with Gasteiger partial charge in [-0.05, 0) is 67.3 Å². The number of carbonyl (C=O) groups is 2. The van der Waals surface area contributed by atoms with Crippen LogP contribution in [0.1, 0.15) is 56.6 Å². The van der Waals surface area contributed by atoms with Crippen LogP contribution in [0.3, 0.4) is 0 Å². The van der Waals surface area contributed by atoms with Crippen LogP contribution in [-0.4, -0.2) is 43.8 Å². The number of amides is 2. The third-order valence-electron chi connectivity index (χ3n) is 7.76. The van der Waals surface area contributed by atoms with Crippen LogP contribution in [0.2, 0.25) is 5.02 Å². The topological polar surface area (TPSA) is 86.8 Å². The minimum atomic E-state index is -4.83. The number of benzene rings is 3. The van der Waals surface area contributed by atoms with E-state index in [9.17, 15) is 35.6 Å². The van der Waals surface area contributed by atoms with Crippen LogP contribution in [0, 0.1) is 5.82 Å². The van der Waals surface area contributed by atoms with Crippen LogP contribution in [0.4, 0.5) is 23.2 Å². The number of halogens is 5. The molecule has 0 heterocycles. The standard InChI is InChI=1S/C32H34ClF4N3O4S/c1-2-28(31(42)38-25-9-5-3-6-10-25)39(20-22-13-16-24(34)17-14-22)30(41)21-40(45(43,44)26-11-7-4-8-12-26)29-19-23(32(35,36)37)15-18-27(29)33/h4,7-8,11-19,25,28H,2-3,5-6,9-10,20-21H2,1H3,(H,38,42)/t28-/m0/s1. The summed E-state index contributed by atoms with van der Waals surface area (Å²) < 4.78 is 83.2. The van der Waals surface area contributed by atoms with Crippen LogP contribution >= 0.6 is 11.6 Å². The molecule has 7 nitrogen and oxygen atoms in total. The molecule has 0 radical (unpaired) electrons. The summed E-state index contributed by atoms with van der Waals surface area (Å²) in [6.07, 6.45) is -0.154. The number of hydrogen-bond acceptors (Lipinski definition) is 4. The van der Waals surface area contributed by atoms with E-state index in [0.29, 0.717) is 22.0 Å². The molecule has 0 aliphatic heterocycles. The van der Waals surface area contributed by atoms with Crippen molar-refractivity contribution in [2.75, 3.05) is 10.8 Å². The number of hydrogen-bond donors (Lipinski definition) is 1. The summed E-state index contributed by atoms with van der Waals surface area (Å²) in [5, 5.41) is 2.67. The highest BCUT2D eigenvalue weighted by Crippen LogP contribution is 2.37. The average Bonchev–Trinajstić information content (AvgIpc) is 3.01. The van der Waals surface area contributed by atoms with Gasteiger partial charge in [0.2, 0.25) is 11.8 Å². The van der Waals surface area contributed by atoms with Gasteiger partial charge in [-0.15, -0.1) is 0 Å². The molecule has 0 bridgehead atoms. The Morgan fingerprint density at radius 1 is 0.978 bits per heavy atom. The van der Waals surface area contributed by atoms with Gasteiger partial charge in [0.15, 0.2) is 0 Å². The number of carbonyl (C=O) groups excluding carboxylic acids is 2. The van der Waals surface area contributed by atoms with Crippen molar-refractivity contribution in [1.82, 2.24) is 10.2 Å². The van der Waals surface area contributed by atoms with Crippen molar-refractivity contribution in [3.63, 3.8) is 0 Å². The first kappa shape index (κ1) is 34.2. The monoisotopic (exact) mass is 667 g/mol. The van der Waals surface area contributed by atoms with E-state index in [-0.39, 0.29) is 28.9 Å². The van der Waals surface area contributed by atoms with E-state index in [2.05, 4.69) is 5.32 Å². The first-order valence-electron chi connectivity index (χ1n) is 14.6. The van der Waals surface area contributed by atoms with Gasteiger partial charge in [-0.25, -0.2) is 12.8 Å². The van der Waals surface area contributed by atoms with Crippen molar-refractivity contribution in [3.8, 4) is 0 Å². The fourth-order valence-corrected chi connectivity index (χ4v) is 7.08. The predicted octanol–water partition coefficient (Wildman–Crippen LogP) is 6.95. The van der Waals surface area contributed by atoms with Crippen LogP contribution in [0.15, 0.2) is 77.7 Å². The maximum Gasteiger partial charge on any atom is 0.416 e. The molecule has 0 aromatic heterocycles. The SMILES string of the molecule is CC[C@@H](C(=O)NC1CCCCC1)N(Cc1ccc(F)cc1)C(=O)CN(c1cc(C(F)(F)F)ccc1Cl)S(=O)(=O)c1ccccc1. The first-order chi connectivity index (χ1) is 21.3. The van der Waals surface area contributed by atoms with Crippen molar-refractivity contribution in [2.45, 2.75) is 75.1 Å². The highest BCUT2D eigenvalue weighted by molar-refractivity contribution is 7.92. The van der Waals surface area contributed by atoms with Crippen molar-refractivity contribution in [3.05, 3.63) is 94.8 Å². The molecule has 0 spiro atoms. The van der Waals surface area contributed by atoms with Crippen LogP contribution in [0.25, 0.3) is 0 Å². The first-order valence-corrected chi connectivity index (χ1v) is 16.4. The smallest absolute Gasteiger partial charge is 0.352 e. The second kappa shape index (κ2) is 14.6. The third kappa shape index (κ3) is 8.55. The summed E-state index contributed by atoms with van der Waals surface area (Å²) in [7, 11) is -4.64. The second-order valence-corrected chi connectivity index (χ2v) is 13.2.